The highest BCUT2D eigenvalue weighted by atomic mass is 32.2. The second-order valence-electron chi connectivity index (χ2n) is 4.81. The highest BCUT2D eigenvalue weighted by Crippen LogP contribution is 2.39. The van der Waals surface area contributed by atoms with Gasteiger partial charge in [-0.3, -0.25) is 4.79 Å². The Kier molecular flexibility index (Phi) is 6.44. The van der Waals surface area contributed by atoms with Gasteiger partial charge in [-0.25, -0.2) is 0 Å². The molecule has 7 heteroatoms. The quantitative estimate of drug-likeness (QED) is 0.314. The van der Waals surface area contributed by atoms with Gasteiger partial charge in [0.25, 0.3) is 0 Å². The number of methoxy groups -OCH3 is 1. The van der Waals surface area contributed by atoms with E-state index in [9.17, 15) is 4.79 Å². The van der Waals surface area contributed by atoms with E-state index in [1.807, 2.05) is 6.92 Å². The van der Waals surface area contributed by atoms with Crippen LogP contribution < -0.4 is 5.73 Å². The predicted octanol–water partition coefficient (Wildman–Crippen LogP) is 0.884. The van der Waals surface area contributed by atoms with Gasteiger partial charge in [-0.05, 0) is 25.5 Å². The third-order valence-corrected chi connectivity index (χ3v) is 4.80. The minimum absolute atomic E-state index is 0.123. The van der Waals surface area contributed by atoms with Gasteiger partial charge in [0.05, 0.1) is 11.4 Å². The van der Waals surface area contributed by atoms with Crippen LogP contribution in [0.2, 0.25) is 0 Å². The number of hydrogen-bond donors (Lipinski definition) is 2. The fraction of sp³-hybridized carbons (Fsp3) is 0.833. The zero-order valence-electron chi connectivity index (χ0n) is 11.6. The van der Waals surface area contributed by atoms with E-state index in [0.29, 0.717) is 26.1 Å². The van der Waals surface area contributed by atoms with Gasteiger partial charge in [0.2, 0.25) is 5.91 Å². The molecule has 3 N–H and O–H groups in total. The third-order valence-electron chi connectivity index (χ3n) is 3.29. The van der Waals surface area contributed by atoms with Crippen molar-refractivity contribution in [1.29, 1.82) is 0 Å². The van der Waals surface area contributed by atoms with E-state index in [4.69, 9.17) is 15.7 Å². The molecular weight excluding hydrogens is 266 g/mol. The van der Waals surface area contributed by atoms with Gasteiger partial charge in [-0.15, -0.1) is 11.8 Å². The zero-order valence-corrected chi connectivity index (χ0v) is 12.4. The second-order valence-corrected chi connectivity index (χ2v) is 6.41. The van der Waals surface area contributed by atoms with Crippen LogP contribution in [0.25, 0.3) is 0 Å². The molecule has 0 aromatic heterocycles. The maximum Gasteiger partial charge on any atom is 0.238 e. The molecule has 0 aliphatic carbocycles. The molecule has 0 aromatic rings. The first-order chi connectivity index (χ1) is 9.03. The first-order valence-electron chi connectivity index (χ1n) is 6.42. The number of carbonyl (C=O) groups is 1. The summed E-state index contributed by atoms with van der Waals surface area (Å²) in [5.41, 5.74) is 5.46. The number of thioether (sulfide) groups is 1. The molecule has 1 fully saturated rings. The average molecular weight is 289 g/mol. The van der Waals surface area contributed by atoms with E-state index in [2.05, 4.69) is 5.16 Å². The van der Waals surface area contributed by atoms with Crippen molar-refractivity contribution in [3.05, 3.63) is 0 Å². The van der Waals surface area contributed by atoms with Crippen LogP contribution in [0.15, 0.2) is 5.16 Å². The van der Waals surface area contributed by atoms with E-state index in [-0.39, 0.29) is 16.5 Å². The van der Waals surface area contributed by atoms with Crippen LogP contribution in [-0.2, 0) is 9.53 Å². The predicted molar refractivity (Wildman–Crippen MR) is 76.6 cm³/mol. The standard InChI is InChI=1S/C12H23N3O3S/c1-12(5-3-9-19-12)11(16)15(7-8-18-2)6-4-10(13)14-17/h17H,3-9H2,1-2H3,(H2,13,14). The number of amides is 1. The van der Waals surface area contributed by atoms with E-state index in [1.165, 1.54) is 0 Å². The Bertz CT molecular complexity index is 330. The summed E-state index contributed by atoms with van der Waals surface area (Å²) in [5.74, 6) is 1.29. The van der Waals surface area contributed by atoms with Crippen molar-refractivity contribution < 1.29 is 14.7 Å². The average Bonchev–Trinajstić information content (AvgIpc) is 2.86. The summed E-state index contributed by atoms with van der Waals surface area (Å²) in [6, 6.07) is 0. The Balaban J connectivity index is 2.63. The molecule has 1 unspecified atom stereocenters. The minimum Gasteiger partial charge on any atom is -0.409 e. The SMILES string of the molecule is COCCN(CCC(N)=NO)C(=O)C1(C)CCCS1. The molecule has 110 valence electrons. The van der Waals surface area contributed by atoms with Gasteiger partial charge < -0.3 is 20.6 Å². The summed E-state index contributed by atoms with van der Waals surface area (Å²) < 4.78 is 4.71. The van der Waals surface area contributed by atoms with E-state index < -0.39 is 0 Å². The molecule has 0 bridgehead atoms. The molecule has 1 saturated heterocycles. The van der Waals surface area contributed by atoms with Crippen molar-refractivity contribution in [2.24, 2.45) is 10.9 Å². The molecule has 1 atom stereocenters. The number of nitrogens with zero attached hydrogens (tertiary/aromatic N) is 2. The monoisotopic (exact) mass is 289 g/mol. The van der Waals surface area contributed by atoms with Crippen molar-refractivity contribution >= 4 is 23.5 Å². The number of carbonyl (C=O) groups excluding carboxylic acids is 1. The topological polar surface area (TPSA) is 88.2 Å². The van der Waals surface area contributed by atoms with Gasteiger partial charge in [0, 0.05) is 26.6 Å². The van der Waals surface area contributed by atoms with E-state index >= 15 is 0 Å². The summed E-state index contributed by atoms with van der Waals surface area (Å²) in [6.45, 7) is 3.47. The lowest BCUT2D eigenvalue weighted by Gasteiger charge is -2.31. The first-order valence-corrected chi connectivity index (χ1v) is 7.40. The number of ether oxygens (including phenoxy) is 1. The van der Waals surface area contributed by atoms with Crippen LogP contribution >= 0.6 is 11.8 Å². The maximum absolute atomic E-state index is 12.6. The molecule has 1 rings (SSSR count). The summed E-state index contributed by atoms with van der Waals surface area (Å²) in [7, 11) is 1.61. The molecule has 1 heterocycles. The molecule has 1 aliphatic rings. The van der Waals surface area contributed by atoms with Crippen molar-refractivity contribution in [2.45, 2.75) is 30.9 Å². The third kappa shape index (κ3) is 4.58. The molecule has 1 amide bonds. The number of hydrogen-bond acceptors (Lipinski definition) is 5. The van der Waals surface area contributed by atoms with Gasteiger partial charge >= 0.3 is 0 Å². The number of nitrogens with two attached hydrogens (primary N) is 1. The molecule has 0 spiro atoms. The van der Waals surface area contributed by atoms with Crippen LogP contribution in [0, 0.1) is 0 Å². The maximum atomic E-state index is 12.6. The lowest BCUT2D eigenvalue weighted by Crippen LogP contribution is -2.46. The number of rotatable bonds is 7. The Morgan fingerprint density at radius 2 is 2.32 bits per heavy atom. The number of amidine groups is 1. The fourth-order valence-electron chi connectivity index (χ4n) is 2.10. The molecule has 0 aromatic carbocycles. The molecule has 6 nitrogen and oxygen atoms in total. The van der Waals surface area contributed by atoms with Crippen LogP contribution in [0.1, 0.15) is 26.2 Å². The Morgan fingerprint density at radius 3 is 2.84 bits per heavy atom. The van der Waals surface area contributed by atoms with E-state index in [1.54, 1.807) is 23.8 Å². The van der Waals surface area contributed by atoms with Crippen LogP contribution in [-0.4, -0.2) is 59.2 Å². The van der Waals surface area contributed by atoms with Crippen LogP contribution in [0.5, 0.6) is 0 Å². The zero-order chi connectivity index (χ0) is 14.3. The smallest absolute Gasteiger partial charge is 0.238 e. The molecule has 19 heavy (non-hydrogen) atoms. The van der Waals surface area contributed by atoms with Gasteiger partial charge in [-0.1, -0.05) is 5.16 Å². The van der Waals surface area contributed by atoms with E-state index in [0.717, 1.165) is 18.6 Å². The second kappa shape index (κ2) is 7.59. The van der Waals surface area contributed by atoms with Crippen molar-refractivity contribution in [3.63, 3.8) is 0 Å². The summed E-state index contributed by atoms with van der Waals surface area (Å²) in [5, 5.41) is 11.5. The van der Waals surface area contributed by atoms with Crippen molar-refractivity contribution in [3.8, 4) is 0 Å². The molecule has 0 saturated carbocycles. The molecule has 0 radical (unpaired) electrons. The normalized spacial score (nSPS) is 23.6. The van der Waals surface area contributed by atoms with Crippen molar-refractivity contribution in [1.82, 2.24) is 4.90 Å². The highest BCUT2D eigenvalue weighted by molar-refractivity contribution is 8.01. The lowest BCUT2D eigenvalue weighted by molar-refractivity contribution is -0.134. The fourth-order valence-corrected chi connectivity index (χ4v) is 3.38. The van der Waals surface area contributed by atoms with Gasteiger partial charge in [0.1, 0.15) is 5.84 Å². The molecule has 1 aliphatic heterocycles. The highest BCUT2D eigenvalue weighted by Gasteiger charge is 2.39. The largest absolute Gasteiger partial charge is 0.409 e. The van der Waals surface area contributed by atoms with Gasteiger partial charge in [-0.2, -0.15) is 0 Å². The Morgan fingerprint density at radius 1 is 1.58 bits per heavy atom. The Hall–Kier alpha value is -0.950. The minimum atomic E-state index is -0.334. The van der Waals surface area contributed by atoms with Crippen LogP contribution in [0.4, 0.5) is 0 Å². The number of oxime groups is 1. The summed E-state index contributed by atoms with van der Waals surface area (Å²) in [6.07, 6.45) is 2.35. The molecular formula is C12H23N3O3S. The van der Waals surface area contributed by atoms with Gasteiger partial charge in [0.15, 0.2) is 0 Å². The lowest BCUT2D eigenvalue weighted by atomic mass is 10.0. The Labute approximate surface area is 118 Å². The summed E-state index contributed by atoms with van der Waals surface area (Å²) >= 11 is 1.71. The van der Waals surface area contributed by atoms with Crippen molar-refractivity contribution in [2.75, 3.05) is 32.6 Å². The summed E-state index contributed by atoms with van der Waals surface area (Å²) in [4.78, 5) is 14.3. The van der Waals surface area contributed by atoms with Crippen LogP contribution in [0.3, 0.4) is 0 Å². The first kappa shape index (κ1) is 16.1.